The molecule has 1 aromatic heterocycles. The molecule has 2 aromatic carbocycles. The topological polar surface area (TPSA) is 86.9 Å². The summed E-state index contributed by atoms with van der Waals surface area (Å²) in [6, 6.07) is 13.2. The molecule has 1 unspecified atom stereocenters. The molecule has 0 radical (unpaired) electrons. The summed E-state index contributed by atoms with van der Waals surface area (Å²) in [6.07, 6.45) is 0.486. The third-order valence-electron chi connectivity index (χ3n) is 5.32. The maximum absolute atomic E-state index is 12.6. The van der Waals surface area contributed by atoms with Crippen LogP contribution in [0.3, 0.4) is 0 Å². The highest BCUT2D eigenvalue weighted by Gasteiger charge is 2.33. The van der Waals surface area contributed by atoms with Gasteiger partial charge < -0.3 is 23.6 Å². The van der Waals surface area contributed by atoms with Gasteiger partial charge in [0.05, 0.1) is 20.3 Å². The number of hydrogen-bond donors (Lipinski definition) is 0. The smallest absolute Gasteiger partial charge is 0.258 e. The summed E-state index contributed by atoms with van der Waals surface area (Å²) in [7, 11) is 3.16. The van der Waals surface area contributed by atoms with E-state index >= 15 is 0 Å². The van der Waals surface area contributed by atoms with Gasteiger partial charge in [-0.2, -0.15) is 4.98 Å². The van der Waals surface area contributed by atoms with Crippen LogP contribution in [-0.4, -0.2) is 47.8 Å². The minimum Gasteiger partial charge on any atom is -0.493 e. The molecule has 3 aromatic rings. The molecule has 32 heavy (non-hydrogen) atoms. The molecule has 0 N–H and O–H groups in total. The zero-order valence-corrected chi connectivity index (χ0v) is 18.7. The largest absolute Gasteiger partial charge is 0.493 e. The number of aromatic nitrogens is 2. The first-order valence-corrected chi connectivity index (χ1v) is 10.6. The highest BCUT2D eigenvalue weighted by Crippen LogP contribution is 2.33. The molecule has 1 amide bonds. The van der Waals surface area contributed by atoms with E-state index in [2.05, 4.69) is 10.1 Å². The first-order chi connectivity index (χ1) is 15.5. The molecule has 168 valence electrons. The number of rotatable bonds is 8. The zero-order chi connectivity index (χ0) is 22.7. The molecule has 0 aliphatic carbocycles. The van der Waals surface area contributed by atoms with Crippen LogP contribution in [-0.2, 0) is 11.3 Å². The summed E-state index contributed by atoms with van der Waals surface area (Å²) in [5.74, 6) is 2.91. The van der Waals surface area contributed by atoms with Gasteiger partial charge in [-0.3, -0.25) is 4.79 Å². The lowest BCUT2D eigenvalue weighted by Gasteiger charge is -2.17. The fourth-order valence-electron chi connectivity index (χ4n) is 3.75. The van der Waals surface area contributed by atoms with Gasteiger partial charge in [0, 0.05) is 31.0 Å². The van der Waals surface area contributed by atoms with Crippen molar-refractivity contribution < 1.29 is 23.5 Å². The average Bonchev–Trinajstić information content (AvgIpc) is 3.41. The molecule has 8 nitrogen and oxygen atoms in total. The number of amides is 1. The molecule has 8 heteroatoms. The molecule has 1 atom stereocenters. The quantitative estimate of drug-likeness (QED) is 0.525. The van der Waals surface area contributed by atoms with Crippen molar-refractivity contribution in [3.63, 3.8) is 0 Å². The summed E-state index contributed by atoms with van der Waals surface area (Å²) in [4.78, 5) is 19.0. The molecule has 0 saturated carbocycles. The highest BCUT2D eigenvalue weighted by molar-refractivity contribution is 5.79. The van der Waals surface area contributed by atoms with Gasteiger partial charge >= 0.3 is 0 Å². The van der Waals surface area contributed by atoms with Crippen molar-refractivity contribution in [1.82, 2.24) is 15.0 Å². The molecule has 1 aliphatic rings. The predicted molar refractivity (Wildman–Crippen MR) is 118 cm³/mol. The van der Waals surface area contributed by atoms with Crippen LogP contribution in [0.25, 0.3) is 11.5 Å². The lowest BCUT2D eigenvalue weighted by Crippen LogP contribution is -2.24. The van der Waals surface area contributed by atoms with Crippen LogP contribution in [0, 0.1) is 0 Å². The number of methoxy groups -OCH3 is 2. The Bertz CT molecular complexity index is 1080. The third kappa shape index (κ3) is 4.69. The van der Waals surface area contributed by atoms with E-state index in [4.69, 9.17) is 18.7 Å². The summed E-state index contributed by atoms with van der Waals surface area (Å²) in [6.45, 7) is 5.07. The summed E-state index contributed by atoms with van der Waals surface area (Å²) < 4.78 is 21.8. The van der Waals surface area contributed by atoms with Crippen molar-refractivity contribution >= 4 is 5.91 Å². The van der Waals surface area contributed by atoms with E-state index in [0.29, 0.717) is 42.7 Å². The van der Waals surface area contributed by atoms with Crippen LogP contribution in [0.1, 0.15) is 37.6 Å². The van der Waals surface area contributed by atoms with Gasteiger partial charge in [-0.1, -0.05) is 17.3 Å². The molecule has 4 rings (SSSR count). The first-order valence-electron chi connectivity index (χ1n) is 10.6. The van der Waals surface area contributed by atoms with Gasteiger partial charge in [-0.15, -0.1) is 0 Å². The second-order valence-electron chi connectivity index (χ2n) is 8.01. The molecule has 2 heterocycles. The number of ether oxygens (including phenoxy) is 3. The number of benzene rings is 2. The van der Waals surface area contributed by atoms with E-state index in [9.17, 15) is 4.79 Å². The molecule has 1 fully saturated rings. The Morgan fingerprint density at radius 1 is 1.09 bits per heavy atom. The van der Waals surface area contributed by atoms with Crippen LogP contribution in [0.2, 0.25) is 0 Å². The Morgan fingerprint density at radius 2 is 1.84 bits per heavy atom. The maximum Gasteiger partial charge on any atom is 0.258 e. The van der Waals surface area contributed by atoms with Gasteiger partial charge in [0.15, 0.2) is 17.3 Å². The minimum absolute atomic E-state index is 0.0787. The van der Waals surface area contributed by atoms with Crippen molar-refractivity contribution in [3.8, 4) is 28.7 Å². The highest BCUT2D eigenvalue weighted by atomic mass is 16.5. The molecule has 0 spiro atoms. The normalized spacial score (nSPS) is 16.0. The van der Waals surface area contributed by atoms with E-state index in [1.807, 2.05) is 49.1 Å². The van der Waals surface area contributed by atoms with Crippen molar-refractivity contribution in [2.75, 3.05) is 20.8 Å². The monoisotopic (exact) mass is 437 g/mol. The number of nitrogens with zero attached hydrogens (tertiary/aromatic N) is 3. The van der Waals surface area contributed by atoms with Gasteiger partial charge in [-0.05, 0) is 49.7 Å². The lowest BCUT2D eigenvalue weighted by atomic mass is 10.1. The molecule has 1 aliphatic heterocycles. The van der Waals surface area contributed by atoms with E-state index < -0.39 is 0 Å². The van der Waals surface area contributed by atoms with Crippen LogP contribution in [0.15, 0.2) is 47.0 Å². The standard InChI is InChI=1S/C24H27N3O5/c1-15(2)31-19-8-5-16(6-9-19)13-27-14-18(12-22(27)28)23-25-24(32-26-23)17-7-10-20(29-3)21(11-17)30-4/h5-11,15,18H,12-14H2,1-4H3. The predicted octanol–water partition coefficient (Wildman–Crippen LogP) is 4.06. The maximum atomic E-state index is 12.6. The van der Waals surface area contributed by atoms with Crippen LogP contribution in [0.5, 0.6) is 17.2 Å². The Balaban J connectivity index is 1.43. The zero-order valence-electron chi connectivity index (χ0n) is 18.7. The molecule has 0 bridgehead atoms. The second kappa shape index (κ2) is 9.30. The number of carbonyl (C=O) groups is 1. The van der Waals surface area contributed by atoms with Crippen LogP contribution < -0.4 is 14.2 Å². The van der Waals surface area contributed by atoms with Crippen molar-refractivity contribution in [2.45, 2.75) is 38.8 Å². The van der Waals surface area contributed by atoms with Crippen molar-refractivity contribution in [3.05, 3.63) is 53.9 Å². The number of carbonyl (C=O) groups excluding carboxylic acids is 1. The van der Waals surface area contributed by atoms with E-state index in [0.717, 1.165) is 16.9 Å². The van der Waals surface area contributed by atoms with Crippen molar-refractivity contribution in [2.24, 2.45) is 0 Å². The van der Waals surface area contributed by atoms with Gasteiger partial charge in [0.2, 0.25) is 5.91 Å². The minimum atomic E-state index is -0.108. The summed E-state index contributed by atoms with van der Waals surface area (Å²) in [5.41, 5.74) is 1.78. The Hall–Kier alpha value is -3.55. The Kier molecular flexibility index (Phi) is 6.30. The average molecular weight is 437 g/mol. The summed E-state index contributed by atoms with van der Waals surface area (Å²) in [5, 5.41) is 4.13. The number of likely N-dealkylation sites (tertiary alicyclic amines) is 1. The van der Waals surface area contributed by atoms with Gasteiger partial charge in [0.25, 0.3) is 5.89 Å². The van der Waals surface area contributed by atoms with Crippen LogP contribution in [0.4, 0.5) is 0 Å². The Labute approximate surface area is 187 Å². The fourth-order valence-corrected chi connectivity index (χ4v) is 3.75. The number of hydrogen-bond acceptors (Lipinski definition) is 7. The van der Waals surface area contributed by atoms with Crippen LogP contribution >= 0.6 is 0 Å². The molecular formula is C24H27N3O5. The lowest BCUT2D eigenvalue weighted by molar-refractivity contribution is -0.128. The summed E-state index contributed by atoms with van der Waals surface area (Å²) >= 11 is 0. The van der Waals surface area contributed by atoms with Crippen molar-refractivity contribution in [1.29, 1.82) is 0 Å². The fraction of sp³-hybridized carbons (Fsp3) is 0.375. The first kappa shape index (κ1) is 21.7. The third-order valence-corrected chi connectivity index (χ3v) is 5.32. The van der Waals surface area contributed by atoms with Gasteiger partial charge in [0.1, 0.15) is 5.75 Å². The second-order valence-corrected chi connectivity index (χ2v) is 8.01. The SMILES string of the molecule is COc1ccc(-c2nc(C3CC(=O)N(Cc4ccc(OC(C)C)cc4)C3)no2)cc1OC. The molecular weight excluding hydrogens is 410 g/mol. The molecule has 1 saturated heterocycles. The van der Waals surface area contributed by atoms with E-state index in [-0.39, 0.29) is 17.9 Å². The Morgan fingerprint density at radius 3 is 2.53 bits per heavy atom. The van der Waals surface area contributed by atoms with E-state index in [1.54, 1.807) is 26.4 Å². The van der Waals surface area contributed by atoms with E-state index in [1.165, 1.54) is 0 Å². The van der Waals surface area contributed by atoms with Gasteiger partial charge in [-0.25, -0.2) is 0 Å².